The van der Waals surface area contributed by atoms with Gasteiger partial charge < -0.3 is 10.1 Å². The molecule has 1 amide bonds. The third-order valence-electron chi connectivity index (χ3n) is 3.37. The number of hydrogen-bond acceptors (Lipinski definition) is 3. The van der Waals surface area contributed by atoms with Gasteiger partial charge in [-0.1, -0.05) is 55.2 Å². The average molecular weight is 366 g/mol. The van der Waals surface area contributed by atoms with Crippen molar-refractivity contribution in [3.8, 4) is 0 Å². The molecule has 0 aliphatic rings. The van der Waals surface area contributed by atoms with Gasteiger partial charge in [0.25, 0.3) is 5.91 Å². The molecule has 0 aliphatic carbocycles. The summed E-state index contributed by atoms with van der Waals surface area (Å²) in [5.41, 5.74) is 1.81. The van der Waals surface area contributed by atoms with Gasteiger partial charge in [0.15, 0.2) is 6.61 Å². The van der Waals surface area contributed by atoms with Crippen molar-refractivity contribution >= 4 is 40.8 Å². The summed E-state index contributed by atoms with van der Waals surface area (Å²) < 4.78 is 5.01. The van der Waals surface area contributed by atoms with E-state index in [4.69, 9.17) is 27.9 Å². The minimum absolute atomic E-state index is 0.295. The quantitative estimate of drug-likeness (QED) is 0.765. The SMILES string of the molecule is CC(C)c1ccc(C(=O)OCC(=O)Nc2c(Cl)cccc2Cl)cc1. The molecule has 4 nitrogen and oxygen atoms in total. The first-order valence-electron chi connectivity index (χ1n) is 7.39. The monoisotopic (exact) mass is 365 g/mol. The zero-order valence-corrected chi connectivity index (χ0v) is 14.8. The highest BCUT2D eigenvalue weighted by atomic mass is 35.5. The molecule has 0 aromatic heterocycles. The third kappa shape index (κ3) is 4.73. The first-order chi connectivity index (χ1) is 11.4. The number of halogens is 2. The average Bonchev–Trinajstić information content (AvgIpc) is 2.56. The van der Waals surface area contributed by atoms with Crippen molar-refractivity contribution in [1.82, 2.24) is 0 Å². The minimum atomic E-state index is -0.564. The third-order valence-corrected chi connectivity index (χ3v) is 4.00. The Balaban J connectivity index is 1.92. The van der Waals surface area contributed by atoms with Crippen molar-refractivity contribution < 1.29 is 14.3 Å². The van der Waals surface area contributed by atoms with Crippen molar-refractivity contribution in [3.63, 3.8) is 0 Å². The Hall–Kier alpha value is -2.04. The van der Waals surface area contributed by atoms with Crippen LogP contribution in [0.25, 0.3) is 0 Å². The van der Waals surface area contributed by atoms with Gasteiger partial charge >= 0.3 is 5.97 Å². The number of hydrogen-bond donors (Lipinski definition) is 1. The van der Waals surface area contributed by atoms with Crippen LogP contribution in [0.5, 0.6) is 0 Å². The molecule has 2 aromatic rings. The highest BCUT2D eigenvalue weighted by Gasteiger charge is 2.13. The maximum absolute atomic E-state index is 12.0. The molecule has 0 saturated carbocycles. The van der Waals surface area contributed by atoms with E-state index in [-0.39, 0.29) is 0 Å². The molecule has 0 saturated heterocycles. The fraction of sp³-hybridized carbons (Fsp3) is 0.222. The van der Waals surface area contributed by atoms with Gasteiger partial charge in [-0.15, -0.1) is 0 Å². The summed E-state index contributed by atoms with van der Waals surface area (Å²) in [6.07, 6.45) is 0. The summed E-state index contributed by atoms with van der Waals surface area (Å²) in [6, 6.07) is 12.0. The first-order valence-corrected chi connectivity index (χ1v) is 8.15. The van der Waals surface area contributed by atoms with Gasteiger partial charge in [-0.2, -0.15) is 0 Å². The molecular weight excluding hydrogens is 349 g/mol. The zero-order chi connectivity index (χ0) is 17.7. The standard InChI is InChI=1S/C18H17Cl2NO3/c1-11(2)12-6-8-13(9-7-12)18(23)24-10-16(22)21-17-14(19)4-3-5-15(17)20/h3-9,11H,10H2,1-2H3,(H,21,22). The fourth-order valence-electron chi connectivity index (χ4n) is 2.01. The second-order valence-corrected chi connectivity index (χ2v) is 6.31. The molecule has 0 heterocycles. The van der Waals surface area contributed by atoms with E-state index in [1.54, 1.807) is 30.3 Å². The lowest BCUT2D eigenvalue weighted by molar-refractivity contribution is -0.119. The molecule has 24 heavy (non-hydrogen) atoms. The summed E-state index contributed by atoms with van der Waals surface area (Å²) in [6.45, 7) is 3.71. The lowest BCUT2D eigenvalue weighted by Crippen LogP contribution is -2.21. The van der Waals surface area contributed by atoms with Crippen LogP contribution in [0.15, 0.2) is 42.5 Å². The Bertz CT molecular complexity index is 722. The number of carbonyl (C=O) groups excluding carboxylic acids is 2. The van der Waals surface area contributed by atoms with Gasteiger partial charge in [0.05, 0.1) is 21.3 Å². The number of rotatable bonds is 5. The Morgan fingerprint density at radius 3 is 2.17 bits per heavy atom. The van der Waals surface area contributed by atoms with Crippen LogP contribution in [0.2, 0.25) is 10.0 Å². The summed E-state index contributed by atoms with van der Waals surface area (Å²) in [7, 11) is 0. The number of anilines is 1. The van der Waals surface area contributed by atoms with Crippen LogP contribution in [0.3, 0.4) is 0 Å². The lowest BCUT2D eigenvalue weighted by Gasteiger charge is -2.10. The van der Waals surface area contributed by atoms with Crippen LogP contribution in [0, 0.1) is 0 Å². The number of para-hydroxylation sites is 1. The molecule has 126 valence electrons. The van der Waals surface area contributed by atoms with Crippen molar-refractivity contribution in [3.05, 3.63) is 63.6 Å². The highest BCUT2D eigenvalue weighted by Crippen LogP contribution is 2.29. The molecule has 1 N–H and O–H groups in total. The van der Waals surface area contributed by atoms with Crippen LogP contribution < -0.4 is 5.32 Å². The maximum Gasteiger partial charge on any atom is 0.338 e. The van der Waals surface area contributed by atoms with E-state index in [1.807, 2.05) is 12.1 Å². The number of ether oxygens (including phenoxy) is 1. The van der Waals surface area contributed by atoms with Crippen molar-refractivity contribution in [2.45, 2.75) is 19.8 Å². The van der Waals surface area contributed by atoms with Crippen LogP contribution in [0.4, 0.5) is 5.69 Å². The Labute approximate surface area is 150 Å². The smallest absolute Gasteiger partial charge is 0.338 e. The molecule has 0 radical (unpaired) electrons. The predicted octanol–water partition coefficient (Wildman–Crippen LogP) is 4.91. The summed E-state index contributed by atoms with van der Waals surface area (Å²) in [5, 5.41) is 3.15. The second kappa shape index (κ2) is 8.18. The summed E-state index contributed by atoms with van der Waals surface area (Å²) >= 11 is 11.9. The number of amides is 1. The molecule has 2 aromatic carbocycles. The molecular formula is C18H17Cl2NO3. The van der Waals surface area contributed by atoms with E-state index in [9.17, 15) is 9.59 Å². The number of nitrogens with one attached hydrogen (secondary N) is 1. The van der Waals surface area contributed by atoms with E-state index < -0.39 is 18.5 Å². The predicted molar refractivity (Wildman–Crippen MR) is 95.9 cm³/mol. The van der Waals surface area contributed by atoms with Crippen molar-refractivity contribution in [2.24, 2.45) is 0 Å². The zero-order valence-electron chi connectivity index (χ0n) is 13.3. The second-order valence-electron chi connectivity index (χ2n) is 5.50. The van der Waals surface area contributed by atoms with Crippen LogP contribution in [-0.4, -0.2) is 18.5 Å². The first kappa shape index (κ1) is 18.3. The molecule has 6 heteroatoms. The molecule has 0 bridgehead atoms. The normalized spacial score (nSPS) is 10.5. The number of benzene rings is 2. The lowest BCUT2D eigenvalue weighted by atomic mass is 10.0. The summed E-state index contributed by atoms with van der Waals surface area (Å²) in [4.78, 5) is 23.9. The highest BCUT2D eigenvalue weighted by molar-refractivity contribution is 6.39. The molecule has 0 unspecified atom stereocenters. The topological polar surface area (TPSA) is 55.4 Å². The molecule has 0 aliphatic heterocycles. The van der Waals surface area contributed by atoms with Gasteiger partial charge in [-0.25, -0.2) is 4.79 Å². The molecule has 0 spiro atoms. The fourth-order valence-corrected chi connectivity index (χ4v) is 2.50. The maximum atomic E-state index is 12.0. The van der Waals surface area contributed by atoms with Gasteiger partial charge in [0.1, 0.15) is 0 Å². The Morgan fingerprint density at radius 1 is 1.04 bits per heavy atom. The van der Waals surface area contributed by atoms with Crippen molar-refractivity contribution in [1.29, 1.82) is 0 Å². The van der Waals surface area contributed by atoms with Crippen LogP contribution >= 0.6 is 23.2 Å². The molecule has 0 atom stereocenters. The van der Waals surface area contributed by atoms with E-state index in [1.165, 1.54) is 0 Å². The van der Waals surface area contributed by atoms with Crippen LogP contribution in [-0.2, 0) is 9.53 Å². The minimum Gasteiger partial charge on any atom is -0.452 e. The Kier molecular flexibility index (Phi) is 6.23. The van der Waals surface area contributed by atoms with Gasteiger partial charge in [0, 0.05) is 0 Å². The van der Waals surface area contributed by atoms with E-state index in [2.05, 4.69) is 19.2 Å². The van der Waals surface area contributed by atoms with Crippen molar-refractivity contribution in [2.75, 3.05) is 11.9 Å². The van der Waals surface area contributed by atoms with Crippen LogP contribution in [0.1, 0.15) is 35.7 Å². The van der Waals surface area contributed by atoms with E-state index >= 15 is 0 Å². The number of esters is 1. The molecule has 2 rings (SSSR count). The Morgan fingerprint density at radius 2 is 1.62 bits per heavy atom. The number of carbonyl (C=O) groups is 2. The molecule has 0 fully saturated rings. The summed E-state index contributed by atoms with van der Waals surface area (Å²) in [5.74, 6) is -0.705. The van der Waals surface area contributed by atoms with Gasteiger partial charge in [0.2, 0.25) is 0 Å². The van der Waals surface area contributed by atoms with Gasteiger partial charge in [-0.3, -0.25) is 4.79 Å². The van der Waals surface area contributed by atoms with E-state index in [0.717, 1.165) is 5.56 Å². The van der Waals surface area contributed by atoms with Gasteiger partial charge in [-0.05, 0) is 35.7 Å². The van der Waals surface area contributed by atoms with E-state index in [0.29, 0.717) is 27.2 Å². The largest absolute Gasteiger partial charge is 0.452 e.